The zero-order valence-corrected chi connectivity index (χ0v) is 19.2. The van der Waals surface area contributed by atoms with Crippen LogP contribution in [0.4, 0.5) is 5.69 Å². The van der Waals surface area contributed by atoms with E-state index in [1.807, 2.05) is 11.9 Å². The van der Waals surface area contributed by atoms with Gasteiger partial charge in [0, 0.05) is 26.2 Å². The van der Waals surface area contributed by atoms with Gasteiger partial charge in [-0.2, -0.15) is 4.31 Å². The normalized spacial score (nSPS) is 16.1. The SMILES string of the molecule is COC(=O)c1cccc(S(=O)(=O)Nc2ccc(C)c(S(=O)(=O)N3CCN(C)CC3)c2)c1. The largest absolute Gasteiger partial charge is 0.465 e. The van der Waals surface area contributed by atoms with Gasteiger partial charge in [-0.15, -0.1) is 0 Å². The van der Waals surface area contributed by atoms with Gasteiger partial charge in [0.25, 0.3) is 10.0 Å². The number of anilines is 1. The van der Waals surface area contributed by atoms with Crippen LogP contribution in [0.3, 0.4) is 0 Å². The van der Waals surface area contributed by atoms with E-state index >= 15 is 0 Å². The van der Waals surface area contributed by atoms with E-state index in [2.05, 4.69) is 9.46 Å². The van der Waals surface area contributed by atoms with Crippen LogP contribution in [-0.2, 0) is 24.8 Å². The first kappa shape index (κ1) is 23.2. The van der Waals surface area contributed by atoms with E-state index in [9.17, 15) is 21.6 Å². The Hall–Kier alpha value is -2.47. The highest BCUT2D eigenvalue weighted by Crippen LogP contribution is 2.26. The molecule has 1 N–H and O–H groups in total. The number of benzene rings is 2. The first-order valence-corrected chi connectivity index (χ1v) is 12.5. The maximum atomic E-state index is 13.1. The van der Waals surface area contributed by atoms with Gasteiger partial charge in [-0.05, 0) is 49.9 Å². The highest BCUT2D eigenvalue weighted by molar-refractivity contribution is 7.92. The second-order valence-electron chi connectivity index (χ2n) is 7.31. The lowest BCUT2D eigenvalue weighted by atomic mass is 10.2. The van der Waals surface area contributed by atoms with Gasteiger partial charge in [0.15, 0.2) is 0 Å². The molecule has 2 aromatic rings. The van der Waals surface area contributed by atoms with Crippen molar-refractivity contribution in [3.05, 3.63) is 53.6 Å². The van der Waals surface area contributed by atoms with E-state index < -0.39 is 26.0 Å². The van der Waals surface area contributed by atoms with E-state index in [4.69, 9.17) is 0 Å². The molecule has 0 radical (unpaired) electrons. The average Bonchev–Trinajstić information content (AvgIpc) is 2.74. The van der Waals surface area contributed by atoms with Crippen molar-refractivity contribution in [2.45, 2.75) is 16.7 Å². The van der Waals surface area contributed by atoms with Crippen molar-refractivity contribution in [3.8, 4) is 0 Å². The highest BCUT2D eigenvalue weighted by atomic mass is 32.2. The van der Waals surface area contributed by atoms with Crippen LogP contribution in [-0.4, -0.2) is 72.3 Å². The minimum absolute atomic E-state index is 0.0561. The van der Waals surface area contributed by atoms with E-state index in [0.717, 1.165) is 0 Å². The fourth-order valence-electron chi connectivity index (χ4n) is 3.23. The zero-order chi connectivity index (χ0) is 22.8. The Morgan fingerprint density at radius 1 is 1.00 bits per heavy atom. The lowest BCUT2D eigenvalue weighted by Gasteiger charge is -2.32. The number of hydrogen-bond donors (Lipinski definition) is 1. The number of hydrogen-bond acceptors (Lipinski definition) is 7. The Bertz CT molecular complexity index is 1190. The fraction of sp³-hybridized carbons (Fsp3) is 0.350. The second kappa shape index (κ2) is 8.95. The van der Waals surface area contributed by atoms with Crippen LogP contribution in [0.5, 0.6) is 0 Å². The molecule has 0 aliphatic carbocycles. The number of methoxy groups -OCH3 is 1. The van der Waals surface area contributed by atoms with Crippen LogP contribution in [0.25, 0.3) is 0 Å². The summed E-state index contributed by atoms with van der Waals surface area (Å²) in [7, 11) is -4.69. The maximum absolute atomic E-state index is 13.1. The molecule has 0 spiro atoms. The third-order valence-electron chi connectivity index (χ3n) is 5.09. The maximum Gasteiger partial charge on any atom is 0.337 e. The van der Waals surface area contributed by atoms with Crippen molar-refractivity contribution >= 4 is 31.7 Å². The Labute approximate surface area is 182 Å². The zero-order valence-electron chi connectivity index (χ0n) is 17.5. The van der Waals surface area contributed by atoms with Gasteiger partial charge in [0.05, 0.1) is 28.2 Å². The van der Waals surface area contributed by atoms with Crippen molar-refractivity contribution < 1.29 is 26.4 Å². The molecule has 0 amide bonds. The predicted octanol–water partition coefficient (Wildman–Crippen LogP) is 1.52. The van der Waals surface area contributed by atoms with Crippen molar-refractivity contribution in [2.24, 2.45) is 0 Å². The third-order valence-corrected chi connectivity index (χ3v) is 8.51. The minimum Gasteiger partial charge on any atom is -0.465 e. The molecule has 0 saturated carbocycles. The Morgan fingerprint density at radius 2 is 1.68 bits per heavy atom. The lowest BCUT2D eigenvalue weighted by molar-refractivity contribution is 0.0600. The first-order chi connectivity index (χ1) is 14.5. The lowest BCUT2D eigenvalue weighted by Crippen LogP contribution is -2.47. The van der Waals surface area contributed by atoms with E-state index in [-0.39, 0.29) is 21.0 Å². The van der Waals surface area contributed by atoms with Crippen molar-refractivity contribution in [2.75, 3.05) is 45.1 Å². The molecule has 168 valence electrons. The third kappa shape index (κ3) is 5.06. The number of nitrogens with zero attached hydrogens (tertiary/aromatic N) is 2. The number of sulfonamides is 2. The van der Waals surface area contributed by atoms with Crippen molar-refractivity contribution in [1.82, 2.24) is 9.21 Å². The second-order valence-corrected chi connectivity index (χ2v) is 10.9. The molecule has 3 rings (SSSR count). The quantitative estimate of drug-likeness (QED) is 0.641. The first-order valence-electron chi connectivity index (χ1n) is 9.55. The number of aryl methyl sites for hydroxylation is 1. The summed E-state index contributed by atoms with van der Waals surface area (Å²) in [6.45, 7) is 3.66. The molecular weight excluding hydrogens is 442 g/mol. The van der Waals surface area contributed by atoms with Crippen LogP contribution >= 0.6 is 0 Å². The molecule has 0 bridgehead atoms. The molecule has 9 nitrogen and oxygen atoms in total. The van der Waals surface area contributed by atoms with Crippen molar-refractivity contribution in [1.29, 1.82) is 0 Å². The molecule has 0 unspecified atom stereocenters. The molecule has 1 saturated heterocycles. The summed E-state index contributed by atoms with van der Waals surface area (Å²) in [5, 5.41) is 0. The van der Waals surface area contributed by atoms with Crippen LogP contribution in [0.1, 0.15) is 15.9 Å². The van der Waals surface area contributed by atoms with Gasteiger partial charge >= 0.3 is 5.97 Å². The summed E-state index contributed by atoms with van der Waals surface area (Å²) in [6.07, 6.45) is 0. The van der Waals surface area contributed by atoms with Gasteiger partial charge in [-0.1, -0.05) is 12.1 Å². The Morgan fingerprint density at radius 3 is 2.32 bits per heavy atom. The number of carbonyl (C=O) groups excluding carboxylic acids is 1. The van der Waals surface area contributed by atoms with E-state index in [1.165, 1.54) is 47.8 Å². The minimum atomic E-state index is -4.06. The number of nitrogens with one attached hydrogen (secondary N) is 1. The van der Waals surface area contributed by atoms with Crippen LogP contribution in [0, 0.1) is 6.92 Å². The smallest absolute Gasteiger partial charge is 0.337 e. The van der Waals surface area contributed by atoms with E-state index in [0.29, 0.717) is 31.7 Å². The molecule has 1 aliphatic heterocycles. The summed E-state index contributed by atoms with van der Waals surface area (Å²) in [4.78, 5) is 13.7. The predicted molar refractivity (Wildman–Crippen MR) is 116 cm³/mol. The molecular formula is C20H25N3O6S2. The number of carbonyl (C=O) groups is 1. The number of esters is 1. The molecule has 2 aromatic carbocycles. The Balaban J connectivity index is 1.90. The summed E-state index contributed by atoms with van der Waals surface area (Å²) >= 11 is 0. The van der Waals surface area contributed by atoms with E-state index in [1.54, 1.807) is 13.0 Å². The molecule has 1 aliphatic rings. The fourth-order valence-corrected chi connectivity index (χ4v) is 6.00. The van der Waals surface area contributed by atoms with Gasteiger partial charge in [0.2, 0.25) is 10.0 Å². The van der Waals surface area contributed by atoms with Gasteiger partial charge in [-0.3, -0.25) is 4.72 Å². The van der Waals surface area contributed by atoms with Crippen LogP contribution < -0.4 is 4.72 Å². The summed E-state index contributed by atoms with van der Waals surface area (Å²) in [6, 6.07) is 9.79. The number of likely N-dealkylation sites (N-methyl/N-ethyl adjacent to an activating group) is 1. The number of rotatable bonds is 6. The van der Waals surface area contributed by atoms with Crippen LogP contribution in [0.2, 0.25) is 0 Å². The molecule has 0 atom stereocenters. The van der Waals surface area contributed by atoms with Gasteiger partial charge < -0.3 is 9.64 Å². The van der Waals surface area contributed by atoms with Gasteiger partial charge in [0.1, 0.15) is 0 Å². The van der Waals surface area contributed by atoms with Gasteiger partial charge in [-0.25, -0.2) is 21.6 Å². The molecule has 11 heteroatoms. The number of ether oxygens (including phenoxy) is 1. The standard InChI is InChI=1S/C20H25N3O6S2/c1-15-7-8-17(14-19(15)31(27,28)23-11-9-22(2)10-12-23)21-30(25,26)18-6-4-5-16(13-18)20(24)29-3/h4-8,13-14,21H,9-12H2,1-3H3. The topological polar surface area (TPSA) is 113 Å². The summed E-state index contributed by atoms with van der Waals surface area (Å²) in [5.41, 5.74) is 0.726. The Kier molecular flexibility index (Phi) is 6.70. The molecule has 0 aromatic heterocycles. The summed E-state index contributed by atoms with van der Waals surface area (Å²) in [5.74, 6) is -0.659. The van der Waals surface area contributed by atoms with Crippen LogP contribution in [0.15, 0.2) is 52.3 Å². The number of piperazine rings is 1. The molecule has 1 heterocycles. The summed E-state index contributed by atoms with van der Waals surface area (Å²) < 4.78 is 60.3. The van der Waals surface area contributed by atoms with Crippen molar-refractivity contribution in [3.63, 3.8) is 0 Å². The molecule has 31 heavy (non-hydrogen) atoms. The average molecular weight is 468 g/mol. The molecule has 1 fully saturated rings. The monoisotopic (exact) mass is 467 g/mol. The highest BCUT2D eigenvalue weighted by Gasteiger charge is 2.29.